The Labute approximate surface area is 110 Å². The number of nitrogens with one attached hydrogen (secondary N) is 1. The SMILES string of the molecule is N#CC(NCCN=[N+]=[N-])c1cccc2cccnc12. The van der Waals surface area contributed by atoms with Crippen LogP contribution in [0, 0.1) is 11.3 Å². The van der Waals surface area contributed by atoms with E-state index in [4.69, 9.17) is 5.53 Å². The molecule has 1 atom stereocenters. The molecule has 0 amide bonds. The number of benzene rings is 1. The molecule has 0 aliphatic heterocycles. The van der Waals surface area contributed by atoms with E-state index in [0.717, 1.165) is 16.5 Å². The zero-order valence-corrected chi connectivity index (χ0v) is 10.2. The van der Waals surface area contributed by atoms with Gasteiger partial charge in [-0.05, 0) is 11.6 Å². The Morgan fingerprint density at radius 3 is 3.05 bits per heavy atom. The minimum Gasteiger partial charge on any atom is -0.298 e. The largest absolute Gasteiger partial charge is 0.298 e. The van der Waals surface area contributed by atoms with Crippen molar-refractivity contribution in [1.29, 1.82) is 5.26 Å². The van der Waals surface area contributed by atoms with E-state index in [2.05, 4.69) is 26.4 Å². The summed E-state index contributed by atoms with van der Waals surface area (Å²) in [6.07, 6.45) is 1.71. The van der Waals surface area contributed by atoms with Crippen molar-refractivity contribution in [3.05, 3.63) is 52.5 Å². The van der Waals surface area contributed by atoms with Gasteiger partial charge in [0.25, 0.3) is 0 Å². The average Bonchev–Trinajstić information content (AvgIpc) is 2.47. The Bertz CT molecular complexity index is 648. The van der Waals surface area contributed by atoms with Crippen molar-refractivity contribution in [2.24, 2.45) is 5.11 Å². The number of azide groups is 1. The summed E-state index contributed by atoms with van der Waals surface area (Å²) < 4.78 is 0. The number of nitrogens with zero attached hydrogens (tertiary/aromatic N) is 5. The van der Waals surface area contributed by atoms with Crippen LogP contribution in [0.15, 0.2) is 41.6 Å². The molecule has 0 saturated carbocycles. The maximum Gasteiger partial charge on any atom is 0.123 e. The Morgan fingerprint density at radius 2 is 2.26 bits per heavy atom. The van der Waals surface area contributed by atoms with E-state index in [0.29, 0.717) is 13.1 Å². The van der Waals surface area contributed by atoms with Crippen LogP contribution in [0.4, 0.5) is 0 Å². The average molecular weight is 252 g/mol. The Balaban J connectivity index is 2.26. The zero-order valence-electron chi connectivity index (χ0n) is 10.2. The summed E-state index contributed by atoms with van der Waals surface area (Å²) in [6, 6.07) is 11.3. The van der Waals surface area contributed by atoms with Gasteiger partial charge >= 0.3 is 0 Å². The molecule has 6 heteroatoms. The predicted molar refractivity (Wildman–Crippen MR) is 72.1 cm³/mol. The highest BCUT2D eigenvalue weighted by Crippen LogP contribution is 2.21. The highest BCUT2D eigenvalue weighted by Gasteiger charge is 2.13. The fraction of sp³-hybridized carbons (Fsp3) is 0.231. The van der Waals surface area contributed by atoms with E-state index in [1.807, 2.05) is 30.3 Å². The molecule has 0 aliphatic carbocycles. The van der Waals surface area contributed by atoms with Crippen molar-refractivity contribution < 1.29 is 0 Å². The number of nitriles is 1. The molecule has 0 bridgehead atoms. The van der Waals surface area contributed by atoms with Crippen LogP contribution in [0.1, 0.15) is 11.6 Å². The molecule has 2 aromatic rings. The van der Waals surface area contributed by atoms with Gasteiger partial charge in [0.2, 0.25) is 0 Å². The number of pyridine rings is 1. The maximum atomic E-state index is 9.25. The maximum absolute atomic E-state index is 9.25. The molecule has 6 nitrogen and oxygen atoms in total. The highest BCUT2D eigenvalue weighted by atomic mass is 15.1. The third kappa shape index (κ3) is 2.99. The van der Waals surface area contributed by atoms with Crippen LogP contribution in [-0.4, -0.2) is 18.1 Å². The van der Waals surface area contributed by atoms with Gasteiger partial charge in [0.1, 0.15) is 6.04 Å². The standard InChI is InChI=1S/C13H12N6/c14-9-12(16-7-8-18-19-15)11-5-1-3-10-4-2-6-17-13(10)11/h1-6,12,16H,7-8H2. The number of hydrogen-bond donors (Lipinski definition) is 1. The lowest BCUT2D eigenvalue weighted by Gasteiger charge is -2.12. The van der Waals surface area contributed by atoms with Crippen LogP contribution >= 0.6 is 0 Å². The number of para-hydroxylation sites is 1. The molecule has 94 valence electrons. The molecule has 1 heterocycles. The first kappa shape index (κ1) is 12.8. The van der Waals surface area contributed by atoms with Crippen LogP contribution in [-0.2, 0) is 0 Å². The van der Waals surface area contributed by atoms with Gasteiger partial charge in [0.05, 0.1) is 11.6 Å². The number of hydrogen-bond acceptors (Lipinski definition) is 4. The lowest BCUT2D eigenvalue weighted by molar-refractivity contribution is 0.637. The molecular weight excluding hydrogens is 240 g/mol. The summed E-state index contributed by atoms with van der Waals surface area (Å²) in [6.45, 7) is 0.762. The van der Waals surface area contributed by atoms with Gasteiger partial charge in [-0.15, -0.1) is 0 Å². The van der Waals surface area contributed by atoms with Crippen molar-refractivity contribution in [1.82, 2.24) is 10.3 Å². The van der Waals surface area contributed by atoms with Gasteiger partial charge in [0, 0.05) is 35.1 Å². The second-order valence-corrected chi connectivity index (χ2v) is 3.89. The van der Waals surface area contributed by atoms with E-state index in [-0.39, 0.29) is 0 Å². The second kappa shape index (κ2) is 6.36. The van der Waals surface area contributed by atoms with Crippen molar-refractivity contribution in [2.45, 2.75) is 6.04 Å². The smallest absolute Gasteiger partial charge is 0.123 e. The van der Waals surface area contributed by atoms with Gasteiger partial charge < -0.3 is 0 Å². The zero-order chi connectivity index (χ0) is 13.5. The molecule has 0 fully saturated rings. The van der Waals surface area contributed by atoms with Crippen molar-refractivity contribution in [2.75, 3.05) is 13.1 Å². The molecule has 0 radical (unpaired) electrons. The van der Waals surface area contributed by atoms with Crippen LogP contribution in [0.2, 0.25) is 0 Å². The molecule has 1 unspecified atom stereocenters. The molecule has 2 rings (SSSR count). The third-order valence-electron chi connectivity index (χ3n) is 2.73. The second-order valence-electron chi connectivity index (χ2n) is 3.89. The molecular formula is C13H12N6. The van der Waals surface area contributed by atoms with E-state index in [9.17, 15) is 5.26 Å². The Morgan fingerprint density at radius 1 is 1.42 bits per heavy atom. The van der Waals surface area contributed by atoms with E-state index in [1.165, 1.54) is 0 Å². The van der Waals surface area contributed by atoms with Gasteiger partial charge in [-0.2, -0.15) is 5.26 Å². The fourth-order valence-corrected chi connectivity index (χ4v) is 1.89. The monoisotopic (exact) mass is 252 g/mol. The van der Waals surface area contributed by atoms with Gasteiger partial charge in [-0.25, -0.2) is 0 Å². The lowest BCUT2D eigenvalue weighted by Crippen LogP contribution is -2.23. The number of fused-ring (bicyclic) bond motifs is 1. The van der Waals surface area contributed by atoms with E-state index >= 15 is 0 Å². The van der Waals surface area contributed by atoms with Crippen LogP contribution in [0.5, 0.6) is 0 Å². The van der Waals surface area contributed by atoms with Gasteiger partial charge in [0.15, 0.2) is 0 Å². The molecule has 0 aliphatic rings. The minimum atomic E-state index is -0.465. The Hall–Kier alpha value is -2.61. The lowest BCUT2D eigenvalue weighted by atomic mass is 10.0. The van der Waals surface area contributed by atoms with E-state index < -0.39 is 6.04 Å². The quantitative estimate of drug-likeness (QED) is 0.383. The molecule has 1 aromatic heterocycles. The first-order valence-corrected chi connectivity index (χ1v) is 5.84. The summed E-state index contributed by atoms with van der Waals surface area (Å²) >= 11 is 0. The minimum absolute atomic E-state index is 0.312. The normalized spacial score (nSPS) is 11.5. The highest BCUT2D eigenvalue weighted by molar-refractivity contribution is 5.82. The number of rotatable bonds is 5. The van der Waals surface area contributed by atoms with Crippen molar-refractivity contribution >= 4 is 10.9 Å². The summed E-state index contributed by atoms with van der Waals surface area (Å²) in [5.41, 5.74) is 9.85. The molecule has 19 heavy (non-hydrogen) atoms. The number of aromatic nitrogens is 1. The van der Waals surface area contributed by atoms with Crippen LogP contribution < -0.4 is 5.32 Å². The molecule has 1 N–H and O–H groups in total. The van der Waals surface area contributed by atoms with Crippen LogP contribution in [0.25, 0.3) is 21.3 Å². The Kier molecular flexibility index (Phi) is 4.29. The summed E-state index contributed by atoms with van der Waals surface area (Å²) in [7, 11) is 0. The fourth-order valence-electron chi connectivity index (χ4n) is 1.89. The topological polar surface area (TPSA) is 97.5 Å². The first-order valence-electron chi connectivity index (χ1n) is 5.84. The van der Waals surface area contributed by atoms with Gasteiger partial charge in [-0.1, -0.05) is 29.4 Å². The molecule has 0 saturated heterocycles. The van der Waals surface area contributed by atoms with Crippen molar-refractivity contribution in [3.8, 4) is 6.07 Å². The van der Waals surface area contributed by atoms with Crippen LogP contribution in [0.3, 0.4) is 0 Å². The summed E-state index contributed by atoms with van der Waals surface area (Å²) in [5, 5.41) is 16.7. The first-order chi connectivity index (χ1) is 9.36. The summed E-state index contributed by atoms with van der Waals surface area (Å²) in [4.78, 5) is 6.99. The molecule has 0 spiro atoms. The van der Waals surface area contributed by atoms with E-state index in [1.54, 1.807) is 6.20 Å². The van der Waals surface area contributed by atoms with Gasteiger partial charge in [-0.3, -0.25) is 10.3 Å². The third-order valence-corrected chi connectivity index (χ3v) is 2.73. The van der Waals surface area contributed by atoms with Crippen molar-refractivity contribution in [3.63, 3.8) is 0 Å². The molecule has 1 aromatic carbocycles. The summed E-state index contributed by atoms with van der Waals surface area (Å²) in [5.74, 6) is 0. The predicted octanol–water partition coefficient (Wildman–Crippen LogP) is 2.70.